The molecule has 1 aromatic carbocycles. The average molecular weight is 286 g/mol. The highest BCUT2D eigenvalue weighted by Crippen LogP contribution is 2.37. The molecule has 1 saturated carbocycles. The van der Waals surface area contributed by atoms with E-state index in [1.165, 1.54) is 30.4 Å². The number of aryl methyl sites for hydroxylation is 1. The van der Waals surface area contributed by atoms with Crippen molar-refractivity contribution in [3.63, 3.8) is 0 Å². The van der Waals surface area contributed by atoms with Gasteiger partial charge in [0.25, 0.3) is 0 Å². The second kappa shape index (κ2) is 6.18. The molecule has 1 aromatic rings. The summed E-state index contributed by atoms with van der Waals surface area (Å²) in [6, 6.07) is 6.31. The lowest BCUT2D eigenvalue weighted by Crippen LogP contribution is -2.44. The second-order valence-electron chi connectivity index (χ2n) is 6.65. The number of nitrogens with one attached hydrogen (secondary N) is 1. The van der Waals surface area contributed by atoms with E-state index in [1.807, 2.05) is 0 Å². The van der Waals surface area contributed by atoms with Crippen molar-refractivity contribution in [1.29, 1.82) is 0 Å². The van der Waals surface area contributed by atoms with Gasteiger partial charge in [-0.3, -0.25) is 4.79 Å². The van der Waals surface area contributed by atoms with Crippen LogP contribution in [-0.4, -0.2) is 12.5 Å². The maximum Gasteiger partial charge on any atom is 0.231 e. The summed E-state index contributed by atoms with van der Waals surface area (Å²) >= 11 is 0. The van der Waals surface area contributed by atoms with Gasteiger partial charge in [0.15, 0.2) is 0 Å². The highest BCUT2D eigenvalue weighted by molar-refractivity contribution is 5.96. The number of benzene rings is 1. The van der Waals surface area contributed by atoms with Crippen LogP contribution in [0.1, 0.15) is 56.1 Å². The number of amides is 1. The fraction of sp³-hybridized carbons (Fsp3) is 0.611. The average Bonchev–Trinajstić information content (AvgIpc) is 2.56. The van der Waals surface area contributed by atoms with Gasteiger partial charge in [-0.1, -0.05) is 31.4 Å². The Bertz CT molecular complexity index is 518. The number of hydrogen-bond acceptors (Lipinski definition) is 2. The number of carbonyl (C=O) groups excluding carboxylic acids is 1. The van der Waals surface area contributed by atoms with E-state index in [4.69, 9.17) is 5.73 Å². The third kappa shape index (κ3) is 2.84. The number of rotatable bonds is 3. The minimum atomic E-state index is -0.338. The predicted octanol–water partition coefficient (Wildman–Crippen LogP) is 3.41. The maximum absolute atomic E-state index is 12.8. The lowest BCUT2D eigenvalue weighted by atomic mass is 9.73. The Labute approximate surface area is 127 Å². The predicted molar refractivity (Wildman–Crippen MR) is 86.3 cm³/mol. The van der Waals surface area contributed by atoms with Crippen LogP contribution in [0.3, 0.4) is 0 Å². The molecule has 1 fully saturated rings. The fourth-order valence-corrected chi connectivity index (χ4v) is 3.91. The Balaban J connectivity index is 1.81. The molecular weight excluding hydrogens is 260 g/mol. The maximum atomic E-state index is 12.8. The monoisotopic (exact) mass is 286 g/mol. The zero-order valence-electron chi connectivity index (χ0n) is 12.8. The van der Waals surface area contributed by atoms with Crippen LogP contribution in [0.15, 0.2) is 18.2 Å². The quantitative estimate of drug-likeness (QED) is 0.894. The summed E-state index contributed by atoms with van der Waals surface area (Å²) in [5, 5.41) is 3.21. The van der Waals surface area contributed by atoms with Gasteiger partial charge in [-0.15, -0.1) is 0 Å². The summed E-state index contributed by atoms with van der Waals surface area (Å²) < 4.78 is 0. The highest BCUT2D eigenvalue weighted by atomic mass is 16.2. The number of nitrogens with two attached hydrogens (primary N) is 1. The van der Waals surface area contributed by atoms with E-state index < -0.39 is 0 Å². The molecule has 1 amide bonds. The van der Waals surface area contributed by atoms with Crippen LogP contribution in [-0.2, 0) is 17.6 Å². The summed E-state index contributed by atoms with van der Waals surface area (Å²) in [5.74, 6) is 0.142. The van der Waals surface area contributed by atoms with E-state index >= 15 is 0 Å². The van der Waals surface area contributed by atoms with Gasteiger partial charge in [0, 0.05) is 12.2 Å². The van der Waals surface area contributed by atoms with E-state index in [1.54, 1.807) is 0 Å². The van der Waals surface area contributed by atoms with Crippen molar-refractivity contribution in [2.24, 2.45) is 11.1 Å². The Kier molecular flexibility index (Phi) is 4.29. The molecule has 0 radical (unpaired) electrons. The van der Waals surface area contributed by atoms with E-state index in [0.717, 1.165) is 44.2 Å². The first-order valence-electron chi connectivity index (χ1n) is 8.37. The molecule has 114 valence electrons. The van der Waals surface area contributed by atoms with Gasteiger partial charge in [-0.05, 0) is 55.7 Å². The van der Waals surface area contributed by atoms with Gasteiger partial charge < -0.3 is 11.1 Å². The largest absolute Gasteiger partial charge is 0.329 e. The third-order valence-electron chi connectivity index (χ3n) is 5.33. The summed E-state index contributed by atoms with van der Waals surface area (Å²) in [6.45, 7) is 0.466. The first-order valence-corrected chi connectivity index (χ1v) is 8.37. The first kappa shape index (κ1) is 14.6. The Morgan fingerprint density at radius 1 is 1.10 bits per heavy atom. The Hall–Kier alpha value is -1.35. The summed E-state index contributed by atoms with van der Waals surface area (Å²) in [5.41, 5.74) is 9.41. The van der Waals surface area contributed by atoms with Crippen molar-refractivity contribution in [3.05, 3.63) is 29.3 Å². The van der Waals surface area contributed by atoms with Crippen molar-refractivity contribution in [2.75, 3.05) is 11.9 Å². The smallest absolute Gasteiger partial charge is 0.231 e. The molecule has 0 saturated heterocycles. The van der Waals surface area contributed by atoms with Crippen molar-refractivity contribution in [1.82, 2.24) is 0 Å². The fourth-order valence-electron chi connectivity index (χ4n) is 3.91. The number of fused-ring (bicyclic) bond motifs is 1. The first-order chi connectivity index (χ1) is 10.2. The standard InChI is InChI=1S/C18H26N2O/c19-13-18(11-4-1-5-12-18)17(21)20-16-10-6-8-14-7-2-3-9-15(14)16/h6,8,10H,1-5,7,9,11-13,19H2,(H,20,21). The van der Waals surface area contributed by atoms with Gasteiger partial charge in [-0.25, -0.2) is 0 Å². The van der Waals surface area contributed by atoms with E-state index in [0.29, 0.717) is 6.54 Å². The van der Waals surface area contributed by atoms with Gasteiger partial charge in [0.05, 0.1) is 5.41 Å². The molecule has 2 aliphatic carbocycles. The van der Waals surface area contributed by atoms with Crippen LogP contribution in [0.5, 0.6) is 0 Å². The van der Waals surface area contributed by atoms with Gasteiger partial charge in [-0.2, -0.15) is 0 Å². The van der Waals surface area contributed by atoms with Crippen molar-refractivity contribution in [2.45, 2.75) is 57.8 Å². The van der Waals surface area contributed by atoms with Crippen LogP contribution in [0.4, 0.5) is 5.69 Å². The molecule has 3 N–H and O–H groups in total. The lowest BCUT2D eigenvalue weighted by Gasteiger charge is -2.35. The molecule has 0 aliphatic heterocycles. The van der Waals surface area contributed by atoms with E-state index in [-0.39, 0.29) is 11.3 Å². The number of hydrogen-bond donors (Lipinski definition) is 2. The lowest BCUT2D eigenvalue weighted by molar-refractivity contribution is -0.126. The number of anilines is 1. The summed E-state index contributed by atoms with van der Waals surface area (Å²) in [7, 11) is 0. The Morgan fingerprint density at radius 3 is 2.62 bits per heavy atom. The molecule has 3 heteroatoms. The molecule has 0 aromatic heterocycles. The normalized spacial score (nSPS) is 20.6. The minimum Gasteiger partial charge on any atom is -0.329 e. The molecule has 0 bridgehead atoms. The number of carbonyl (C=O) groups is 1. The topological polar surface area (TPSA) is 55.1 Å². The molecule has 2 aliphatic rings. The molecule has 0 spiro atoms. The van der Waals surface area contributed by atoms with Crippen LogP contribution in [0, 0.1) is 5.41 Å². The summed E-state index contributed by atoms with van der Waals surface area (Å²) in [6.07, 6.45) is 10.1. The van der Waals surface area contributed by atoms with Crippen LogP contribution >= 0.6 is 0 Å². The zero-order chi connectivity index (χ0) is 14.7. The molecule has 21 heavy (non-hydrogen) atoms. The summed E-state index contributed by atoms with van der Waals surface area (Å²) in [4.78, 5) is 12.8. The molecule has 0 atom stereocenters. The molecule has 0 heterocycles. The SMILES string of the molecule is NCC1(C(=O)Nc2cccc3c2CCCC3)CCCCC1. The highest BCUT2D eigenvalue weighted by Gasteiger charge is 2.38. The van der Waals surface area contributed by atoms with Gasteiger partial charge >= 0.3 is 0 Å². The zero-order valence-corrected chi connectivity index (χ0v) is 12.8. The van der Waals surface area contributed by atoms with Crippen LogP contribution < -0.4 is 11.1 Å². The third-order valence-corrected chi connectivity index (χ3v) is 5.33. The molecule has 3 rings (SSSR count). The van der Waals surface area contributed by atoms with Crippen molar-refractivity contribution in [3.8, 4) is 0 Å². The second-order valence-corrected chi connectivity index (χ2v) is 6.65. The Morgan fingerprint density at radius 2 is 1.86 bits per heavy atom. The van der Waals surface area contributed by atoms with Gasteiger partial charge in [0.1, 0.15) is 0 Å². The van der Waals surface area contributed by atoms with Crippen LogP contribution in [0.2, 0.25) is 0 Å². The van der Waals surface area contributed by atoms with Crippen molar-refractivity contribution < 1.29 is 4.79 Å². The molecule has 0 unspecified atom stereocenters. The van der Waals surface area contributed by atoms with Crippen LogP contribution in [0.25, 0.3) is 0 Å². The van der Waals surface area contributed by atoms with E-state index in [2.05, 4.69) is 23.5 Å². The minimum absolute atomic E-state index is 0.142. The van der Waals surface area contributed by atoms with Crippen molar-refractivity contribution >= 4 is 11.6 Å². The molecular formula is C18H26N2O. The van der Waals surface area contributed by atoms with Gasteiger partial charge in [0.2, 0.25) is 5.91 Å². The van der Waals surface area contributed by atoms with E-state index in [9.17, 15) is 4.79 Å². The molecule has 3 nitrogen and oxygen atoms in total.